The molecule has 0 aliphatic carbocycles. The van der Waals surface area contributed by atoms with E-state index in [4.69, 9.17) is 0 Å². The van der Waals surface area contributed by atoms with Crippen molar-refractivity contribution >= 4 is 11.3 Å². The van der Waals surface area contributed by atoms with Gasteiger partial charge in [0.15, 0.2) is 0 Å². The van der Waals surface area contributed by atoms with Crippen LogP contribution in [0.4, 0.5) is 18.9 Å². The van der Waals surface area contributed by atoms with Gasteiger partial charge in [-0.15, -0.1) is 0 Å². The lowest BCUT2D eigenvalue weighted by molar-refractivity contribution is -0.0895. The third-order valence-corrected chi connectivity index (χ3v) is 3.03. The number of nitriles is 1. The molecule has 0 fully saturated rings. The Morgan fingerprint density at radius 1 is 1.00 bits per heavy atom. The average Bonchev–Trinajstić information content (AvgIpc) is 2.49. The van der Waals surface area contributed by atoms with Gasteiger partial charge >= 0.3 is 6.18 Å². The first-order chi connectivity index (χ1) is 10.4. The van der Waals surface area contributed by atoms with Gasteiger partial charge in [-0.3, -0.25) is 0 Å². The number of rotatable bonds is 3. The van der Waals surface area contributed by atoms with Crippen LogP contribution in [-0.4, -0.2) is 6.18 Å². The fourth-order valence-electron chi connectivity index (χ4n) is 1.93. The highest BCUT2D eigenvalue weighted by molar-refractivity contribution is 5.82. The molecule has 0 radical (unpaired) electrons. The Labute approximate surface area is 126 Å². The molecule has 2 nitrogen and oxygen atoms in total. The van der Waals surface area contributed by atoms with Gasteiger partial charge in [-0.05, 0) is 24.6 Å². The number of hydrogen-bond acceptors (Lipinski definition) is 2. The van der Waals surface area contributed by atoms with Gasteiger partial charge in [0.2, 0.25) is 0 Å². The third-order valence-electron chi connectivity index (χ3n) is 3.03. The molecular formula is C17H13F3N2. The number of hydrogen-bond donors (Lipinski definition) is 1. The molecule has 0 saturated carbocycles. The molecule has 0 aliphatic rings. The van der Waals surface area contributed by atoms with Crippen LogP contribution in [0.5, 0.6) is 0 Å². The zero-order chi connectivity index (χ0) is 16.2. The van der Waals surface area contributed by atoms with Crippen LogP contribution in [0.2, 0.25) is 0 Å². The molecule has 0 heterocycles. The van der Waals surface area contributed by atoms with E-state index in [1.807, 2.05) is 6.92 Å². The lowest BCUT2D eigenvalue weighted by Gasteiger charge is -2.17. The molecule has 1 N–H and O–H groups in total. The molecule has 0 spiro atoms. The summed E-state index contributed by atoms with van der Waals surface area (Å²) < 4.78 is 40.0. The molecule has 112 valence electrons. The number of halogens is 3. The number of anilines is 1. The Balaban J connectivity index is 2.52. The van der Waals surface area contributed by atoms with Crippen molar-refractivity contribution in [2.45, 2.75) is 13.1 Å². The van der Waals surface area contributed by atoms with Crippen molar-refractivity contribution in [2.75, 3.05) is 5.32 Å². The van der Waals surface area contributed by atoms with Gasteiger partial charge in [-0.1, -0.05) is 48.0 Å². The fraction of sp³-hybridized carbons (Fsp3) is 0.118. The Bertz CT molecular complexity index is 708. The summed E-state index contributed by atoms with van der Waals surface area (Å²) in [4.78, 5) is 0. The quantitative estimate of drug-likeness (QED) is 0.818. The van der Waals surface area contributed by atoms with Gasteiger partial charge < -0.3 is 5.32 Å². The Kier molecular flexibility index (Phi) is 4.52. The van der Waals surface area contributed by atoms with Crippen LogP contribution >= 0.6 is 0 Å². The van der Waals surface area contributed by atoms with Crippen LogP contribution in [0.3, 0.4) is 0 Å². The van der Waals surface area contributed by atoms with Crippen LogP contribution in [0.15, 0.2) is 60.3 Å². The van der Waals surface area contributed by atoms with Crippen molar-refractivity contribution in [1.29, 1.82) is 5.26 Å². The second kappa shape index (κ2) is 6.35. The molecule has 0 aliphatic heterocycles. The van der Waals surface area contributed by atoms with Crippen molar-refractivity contribution < 1.29 is 13.2 Å². The number of aryl methyl sites for hydroxylation is 1. The minimum Gasteiger partial charge on any atom is -0.350 e. The summed E-state index contributed by atoms with van der Waals surface area (Å²) >= 11 is 0. The van der Waals surface area contributed by atoms with E-state index in [0.29, 0.717) is 0 Å². The van der Waals surface area contributed by atoms with Gasteiger partial charge in [0, 0.05) is 5.69 Å². The summed E-state index contributed by atoms with van der Waals surface area (Å²) in [5.74, 6) is 0. The smallest absolute Gasteiger partial charge is 0.350 e. The molecule has 5 heteroatoms. The summed E-state index contributed by atoms with van der Waals surface area (Å²) in [6.45, 7) is 1.84. The van der Waals surface area contributed by atoms with E-state index in [1.165, 1.54) is 12.1 Å². The van der Waals surface area contributed by atoms with Crippen molar-refractivity contribution in [3.05, 3.63) is 71.4 Å². The highest BCUT2D eigenvalue weighted by Crippen LogP contribution is 2.33. The zero-order valence-corrected chi connectivity index (χ0v) is 11.8. The van der Waals surface area contributed by atoms with Gasteiger partial charge in [0.25, 0.3) is 0 Å². The van der Waals surface area contributed by atoms with E-state index in [1.54, 1.807) is 48.5 Å². The maximum atomic E-state index is 13.3. The van der Waals surface area contributed by atoms with Crippen molar-refractivity contribution in [3.63, 3.8) is 0 Å². The predicted molar refractivity (Wildman–Crippen MR) is 79.8 cm³/mol. The number of nitrogens with one attached hydrogen (secondary N) is 1. The van der Waals surface area contributed by atoms with Crippen LogP contribution in [-0.2, 0) is 0 Å². The summed E-state index contributed by atoms with van der Waals surface area (Å²) in [5, 5.41) is 11.5. The van der Waals surface area contributed by atoms with E-state index < -0.39 is 17.4 Å². The first-order valence-corrected chi connectivity index (χ1v) is 6.52. The first kappa shape index (κ1) is 15.6. The lowest BCUT2D eigenvalue weighted by Crippen LogP contribution is -2.21. The maximum absolute atomic E-state index is 13.3. The SMILES string of the molecule is Cc1ccc(N/C(=C(\C#N)c2ccccc2)C(F)(F)F)cc1. The summed E-state index contributed by atoms with van der Waals surface area (Å²) in [6.07, 6.45) is -4.66. The van der Waals surface area contributed by atoms with E-state index in [9.17, 15) is 18.4 Å². The Morgan fingerprint density at radius 2 is 1.59 bits per heavy atom. The first-order valence-electron chi connectivity index (χ1n) is 6.52. The molecule has 22 heavy (non-hydrogen) atoms. The minimum absolute atomic E-state index is 0.219. The molecule has 2 aromatic carbocycles. The maximum Gasteiger partial charge on any atom is 0.432 e. The molecule has 0 atom stereocenters. The molecule has 0 aromatic heterocycles. The monoisotopic (exact) mass is 302 g/mol. The minimum atomic E-state index is -4.66. The molecule has 0 amide bonds. The topological polar surface area (TPSA) is 35.8 Å². The highest BCUT2D eigenvalue weighted by Gasteiger charge is 2.37. The van der Waals surface area contributed by atoms with Gasteiger partial charge in [0.05, 0.1) is 5.57 Å². The molecule has 2 aromatic rings. The van der Waals surface area contributed by atoms with Crippen LogP contribution in [0.1, 0.15) is 11.1 Å². The molecule has 0 saturated heterocycles. The zero-order valence-electron chi connectivity index (χ0n) is 11.8. The number of nitrogens with zero attached hydrogens (tertiary/aromatic N) is 1. The predicted octanol–water partition coefficient (Wildman–Crippen LogP) is 4.90. The third kappa shape index (κ3) is 3.67. The molecule has 0 unspecified atom stereocenters. The average molecular weight is 302 g/mol. The lowest BCUT2D eigenvalue weighted by atomic mass is 10.0. The normalized spacial score (nSPS) is 12.3. The summed E-state index contributed by atoms with van der Waals surface area (Å²) in [6, 6.07) is 15.9. The van der Waals surface area contributed by atoms with E-state index in [2.05, 4.69) is 5.32 Å². The summed E-state index contributed by atoms with van der Waals surface area (Å²) in [7, 11) is 0. The van der Waals surface area contributed by atoms with Crippen LogP contribution in [0, 0.1) is 18.3 Å². The van der Waals surface area contributed by atoms with E-state index in [0.717, 1.165) is 5.56 Å². The number of allylic oxidation sites excluding steroid dienone is 2. The van der Waals surface area contributed by atoms with E-state index in [-0.39, 0.29) is 11.3 Å². The summed E-state index contributed by atoms with van der Waals surface area (Å²) in [5.41, 5.74) is -0.0658. The molecular weight excluding hydrogens is 289 g/mol. The molecule has 2 rings (SSSR count). The van der Waals surface area contributed by atoms with E-state index >= 15 is 0 Å². The Hall–Kier alpha value is -2.74. The van der Waals surface area contributed by atoms with Crippen LogP contribution < -0.4 is 5.32 Å². The Morgan fingerprint density at radius 3 is 2.09 bits per heavy atom. The van der Waals surface area contributed by atoms with Crippen molar-refractivity contribution in [3.8, 4) is 6.07 Å². The standard InChI is InChI=1S/C17H13F3N2/c1-12-7-9-14(10-8-12)22-16(17(18,19)20)15(11-21)13-5-3-2-4-6-13/h2-10,22H,1H3/b16-15+. The molecule has 0 bridgehead atoms. The largest absolute Gasteiger partial charge is 0.432 e. The van der Waals surface area contributed by atoms with Crippen LogP contribution in [0.25, 0.3) is 5.57 Å². The van der Waals surface area contributed by atoms with Crippen molar-refractivity contribution in [2.24, 2.45) is 0 Å². The van der Waals surface area contributed by atoms with Gasteiger partial charge in [0.1, 0.15) is 11.8 Å². The fourth-order valence-corrected chi connectivity index (χ4v) is 1.93. The second-order valence-corrected chi connectivity index (χ2v) is 4.72. The number of alkyl halides is 3. The van der Waals surface area contributed by atoms with Gasteiger partial charge in [-0.25, -0.2) is 0 Å². The van der Waals surface area contributed by atoms with Gasteiger partial charge in [-0.2, -0.15) is 18.4 Å². The van der Waals surface area contributed by atoms with Crippen molar-refractivity contribution in [1.82, 2.24) is 0 Å². The number of benzene rings is 2. The highest BCUT2D eigenvalue weighted by atomic mass is 19.4. The second-order valence-electron chi connectivity index (χ2n) is 4.72.